The quantitative estimate of drug-likeness (QED) is 0.896. The largest absolute Gasteiger partial charge is 0.344 e. The van der Waals surface area contributed by atoms with Gasteiger partial charge in [-0.05, 0) is 18.2 Å². The van der Waals surface area contributed by atoms with E-state index in [1.807, 2.05) is 0 Å². The molecule has 18 heavy (non-hydrogen) atoms. The summed E-state index contributed by atoms with van der Waals surface area (Å²) in [6.45, 7) is 0.409. The molecule has 0 spiro atoms. The Morgan fingerprint density at radius 1 is 1.44 bits per heavy atom. The van der Waals surface area contributed by atoms with E-state index in [0.29, 0.717) is 11.0 Å². The van der Waals surface area contributed by atoms with Gasteiger partial charge in [-0.15, -0.1) is 0 Å². The molecule has 1 aromatic carbocycles. The van der Waals surface area contributed by atoms with E-state index in [1.54, 1.807) is 19.2 Å². The first kappa shape index (κ1) is 13.5. The maximum Gasteiger partial charge on any atom is 0.240 e. The van der Waals surface area contributed by atoms with E-state index in [-0.39, 0.29) is 23.3 Å². The highest BCUT2D eigenvalue weighted by Crippen LogP contribution is 2.18. The summed E-state index contributed by atoms with van der Waals surface area (Å²) in [6, 6.07) is 6.11. The first-order chi connectivity index (χ1) is 8.38. The SMILES string of the molecule is CN1C[C@H](NS(=O)(=O)c2cccc(Br)c2)CC1=O. The second kappa shape index (κ2) is 4.99. The summed E-state index contributed by atoms with van der Waals surface area (Å²) >= 11 is 3.23. The first-order valence-electron chi connectivity index (χ1n) is 5.40. The van der Waals surface area contributed by atoms with Crippen molar-refractivity contribution in [3.8, 4) is 0 Å². The molecule has 0 aromatic heterocycles. The highest BCUT2D eigenvalue weighted by atomic mass is 79.9. The van der Waals surface area contributed by atoms with E-state index in [1.165, 1.54) is 17.0 Å². The second-order valence-corrected chi connectivity index (χ2v) is 6.88. The molecule has 2 rings (SSSR count). The maximum absolute atomic E-state index is 12.1. The fourth-order valence-electron chi connectivity index (χ4n) is 1.86. The van der Waals surface area contributed by atoms with Gasteiger partial charge in [0.2, 0.25) is 15.9 Å². The molecule has 0 unspecified atom stereocenters. The van der Waals surface area contributed by atoms with E-state index < -0.39 is 10.0 Å². The minimum atomic E-state index is -3.57. The molecule has 1 heterocycles. The van der Waals surface area contributed by atoms with Crippen molar-refractivity contribution < 1.29 is 13.2 Å². The van der Waals surface area contributed by atoms with Crippen LogP contribution in [-0.2, 0) is 14.8 Å². The van der Waals surface area contributed by atoms with Crippen LogP contribution in [0.4, 0.5) is 0 Å². The Hall–Kier alpha value is -0.920. The molecule has 1 atom stereocenters. The lowest BCUT2D eigenvalue weighted by Gasteiger charge is -2.13. The zero-order chi connectivity index (χ0) is 13.3. The van der Waals surface area contributed by atoms with Crippen LogP contribution in [0.15, 0.2) is 33.6 Å². The van der Waals surface area contributed by atoms with E-state index >= 15 is 0 Å². The van der Waals surface area contributed by atoms with Gasteiger partial charge in [-0.3, -0.25) is 4.79 Å². The number of hydrogen-bond acceptors (Lipinski definition) is 3. The molecule has 1 aliphatic heterocycles. The van der Waals surface area contributed by atoms with Gasteiger partial charge in [0.15, 0.2) is 0 Å². The average molecular weight is 333 g/mol. The van der Waals surface area contributed by atoms with Gasteiger partial charge in [0.1, 0.15) is 0 Å². The molecule has 1 aliphatic rings. The molecule has 0 saturated carbocycles. The minimum Gasteiger partial charge on any atom is -0.344 e. The topological polar surface area (TPSA) is 66.5 Å². The van der Waals surface area contributed by atoms with Gasteiger partial charge >= 0.3 is 0 Å². The van der Waals surface area contributed by atoms with Gasteiger partial charge in [-0.1, -0.05) is 22.0 Å². The molecule has 1 saturated heterocycles. The van der Waals surface area contributed by atoms with Crippen LogP contribution in [0.2, 0.25) is 0 Å². The van der Waals surface area contributed by atoms with Crippen LogP contribution in [0.1, 0.15) is 6.42 Å². The molecule has 1 N–H and O–H groups in total. The number of nitrogens with zero attached hydrogens (tertiary/aromatic N) is 1. The fraction of sp³-hybridized carbons (Fsp3) is 0.364. The van der Waals surface area contributed by atoms with Crippen molar-refractivity contribution in [3.63, 3.8) is 0 Å². The van der Waals surface area contributed by atoms with Crippen molar-refractivity contribution in [2.45, 2.75) is 17.4 Å². The summed E-state index contributed by atoms with van der Waals surface area (Å²) < 4.78 is 27.4. The molecule has 98 valence electrons. The summed E-state index contributed by atoms with van der Waals surface area (Å²) in [5.74, 6) is -0.0445. The molecule has 5 nitrogen and oxygen atoms in total. The van der Waals surface area contributed by atoms with Crippen molar-refractivity contribution in [1.29, 1.82) is 0 Å². The van der Waals surface area contributed by atoms with Crippen LogP contribution < -0.4 is 4.72 Å². The number of benzene rings is 1. The lowest BCUT2D eigenvalue weighted by Crippen LogP contribution is -2.36. The molecule has 0 aliphatic carbocycles. The zero-order valence-electron chi connectivity index (χ0n) is 9.76. The number of hydrogen-bond donors (Lipinski definition) is 1. The highest BCUT2D eigenvalue weighted by Gasteiger charge is 2.30. The third kappa shape index (κ3) is 2.90. The molecule has 7 heteroatoms. The van der Waals surface area contributed by atoms with E-state index in [9.17, 15) is 13.2 Å². The van der Waals surface area contributed by atoms with Gasteiger partial charge in [0, 0.05) is 30.5 Å². The standard InChI is InChI=1S/C11H13BrN2O3S/c1-14-7-9(6-11(14)15)13-18(16,17)10-4-2-3-8(12)5-10/h2-5,9,13H,6-7H2,1H3/t9-/m1/s1. The number of carbonyl (C=O) groups excluding carboxylic acids is 1. The number of likely N-dealkylation sites (tertiary alicyclic amines) is 1. The van der Waals surface area contributed by atoms with Crippen molar-refractivity contribution >= 4 is 31.9 Å². The Morgan fingerprint density at radius 3 is 2.72 bits per heavy atom. The van der Waals surface area contributed by atoms with Crippen LogP contribution in [0.3, 0.4) is 0 Å². The lowest BCUT2D eigenvalue weighted by atomic mass is 10.3. The highest BCUT2D eigenvalue weighted by molar-refractivity contribution is 9.10. The lowest BCUT2D eigenvalue weighted by molar-refractivity contribution is -0.126. The number of rotatable bonds is 3. The second-order valence-electron chi connectivity index (χ2n) is 4.25. The van der Waals surface area contributed by atoms with Crippen molar-refractivity contribution in [3.05, 3.63) is 28.7 Å². The predicted octanol–water partition coefficient (Wildman–Crippen LogP) is 0.958. The monoisotopic (exact) mass is 332 g/mol. The molecule has 1 fully saturated rings. The number of amides is 1. The van der Waals surface area contributed by atoms with Gasteiger partial charge in [-0.25, -0.2) is 13.1 Å². The van der Waals surface area contributed by atoms with Crippen LogP contribution in [0.5, 0.6) is 0 Å². The summed E-state index contributed by atoms with van der Waals surface area (Å²) in [6.07, 6.45) is 0.212. The molecular formula is C11H13BrN2O3S. The van der Waals surface area contributed by atoms with Crippen LogP contribution in [0, 0.1) is 0 Å². The van der Waals surface area contributed by atoms with Gasteiger partial charge in [0.25, 0.3) is 0 Å². The van der Waals surface area contributed by atoms with Gasteiger partial charge < -0.3 is 4.90 Å². The molecule has 1 amide bonds. The van der Waals surface area contributed by atoms with Crippen molar-refractivity contribution in [2.24, 2.45) is 0 Å². The van der Waals surface area contributed by atoms with E-state index in [4.69, 9.17) is 0 Å². The van der Waals surface area contributed by atoms with Crippen LogP contribution >= 0.6 is 15.9 Å². The average Bonchev–Trinajstić information content (AvgIpc) is 2.57. The number of nitrogens with one attached hydrogen (secondary N) is 1. The number of likely N-dealkylation sites (N-methyl/N-ethyl adjacent to an activating group) is 1. The van der Waals surface area contributed by atoms with Gasteiger partial charge in [0.05, 0.1) is 4.90 Å². The normalized spacial score (nSPS) is 20.4. The van der Waals surface area contributed by atoms with Crippen molar-refractivity contribution in [2.75, 3.05) is 13.6 Å². The summed E-state index contributed by atoms with van der Waals surface area (Å²) in [4.78, 5) is 13.1. The molecule has 1 aromatic rings. The fourth-order valence-corrected chi connectivity index (χ4v) is 3.69. The first-order valence-corrected chi connectivity index (χ1v) is 7.68. The Labute approximate surface area is 114 Å². The number of carbonyl (C=O) groups is 1. The third-order valence-corrected chi connectivity index (χ3v) is 4.78. The smallest absolute Gasteiger partial charge is 0.240 e. The Bertz CT molecular complexity index is 573. The zero-order valence-corrected chi connectivity index (χ0v) is 12.2. The van der Waals surface area contributed by atoms with Gasteiger partial charge in [-0.2, -0.15) is 0 Å². The maximum atomic E-state index is 12.1. The molecule has 0 radical (unpaired) electrons. The minimum absolute atomic E-state index is 0.0445. The van der Waals surface area contributed by atoms with Crippen LogP contribution in [-0.4, -0.2) is 38.9 Å². The Morgan fingerprint density at radius 2 is 2.17 bits per heavy atom. The van der Waals surface area contributed by atoms with Crippen molar-refractivity contribution in [1.82, 2.24) is 9.62 Å². The van der Waals surface area contributed by atoms with E-state index in [0.717, 1.165) is 0 Å². The predicted molar refractivity (Wildman–Crippen MR) is 70.5 cm³/mol. The molecular weight excluding hydrogens is 320 g/mol. The summed E-state index contributed by atoms with van der Waals surface area (Å²) in [7, 11) is -1.91. The van der Waals surface area contributed by atoms with E-state index in [2.05, 4.69) is 20.7 Å². The number of sulfonamides is 1. The van der Waals surface area contributed by atoms with Crippen LogP contribution in [0.25, 0.3) is 0 Å². The number of halogens is 1. The molecule has 0 bridgehead atoms. The Kier molecular flexibility index (Phi) is 3.74. The summed E-state index contributed by atoms with van der Waals surface area (Å²) in [5, 5.41) is 0. The Balaban J connectivity index is 2.16. The summed E-state index contributed by atoms with van der Waals surface area (Å²) in [5.41, 5.74) is 0. The third-order valence-electron chi connectivity index (χ3n) is 2.77.